The first-order valence-corrected chi connectivity index (χ1v) is 6.38. The van der Waals surface area contributed by atoms with Crippen LogP contribution in [0.1, 0.15) is 39.2 Å². The van der Waals surface area contributed by atoms with Gasteiger partial charge in [0.15, 0.2) is 0 Å². The lowest BCUT2D eigenvalue weighted by molar-refractivity contribution is 0.146. The molecule has 0 N–H and O–H groups in total. The van der Waals surface area contributed by atoms with Crippen LogP contribution in [0, 0.1) is 0 Å². The maximum Gasteiger partial charge on any atom is 0.119 e. The fourth-order valence-electron chi connectivity index (χ4n) is 1.85. The maximum atomic E-state index is 5.56. The molecule has 1 rings (SSSR count). The standard InChI is InChI=1S/C15H24O2/c1-5-15(3,6-2)13-7-9-14(10-8-13)17-12-11-16-4/h7-10H,5-6,11-12H2,1-4H3. The molecule has 96 valence electrons. The molecule has 2 nitrogen and oxygen atoms in total. The van der Waals surface area contributed by atoms with Gasteiger partial charge in [-0.15, -0.1) is 0 Å². The lowest BCUT2D eigenvalue weighted by Gasteiger charge is -2.27. The van der Waals surface area contributed by atoms with Gasteiger partial charge in [-0.05, 0) is 36.0 Å². The predicted octanol–water partition coefficient (Wildman–Crippen LogP) is 3.79. The van der Waals surface area contributed by atoms with E-state index in [1.807, 2.05) is 0 Å². The second kappa shape index (κ2) is 6.65. The molecule has 0 atom stereocenters. The summed E-state index contributed by atoms with van der Waals surface area (Å²) in [7, 11) is 1.68. The van der Waals surface area contributed by atoms with Crippen LogP contribution in [0.5, 0.6) is 5.75 Å². The minimum atomic E-state index is 0.283. The molecule has 0 spiro atoms. The Morgan fingerprint density at radius 3 is 2.06 bits per heavy atom. The molecule has 2 heteroatoms. The van der Waals surface area contributed by atoms with Crippen molar-refractivity contribution in [2.24, 2.45) is 0 Å². The number of benzene rings is 1. The average molecular weight is 236 g/mol. The topological polar surface area (TPSA) is 18.5 Å². The third-order valence-electron chi connectivity index (χ3n) is 3.67. The van der Waals surface area contributed by atoms with Crippen molar-refractivity contribution in [1.82, 2.24) is 0 Å². The van der Waals surface area contributed by atoms with Crippen molar-refractivity contribution in [3.8, 4) is 5.75 Å². The van der Waals surface area contributed by atoms with E-state index < -0.39 is 0 Å². The molecule has 0 amide bonds. The Kier molecular flexibility index (Phi) is 5.49. The Morgan fingerprint density at radius 1 is 1.00 bits per heavy atom. The van der Waals surface area contributed by atoms with E-state index in [2.05, 4.69) is 45.0 Å². The average Bonchev–Trinajstić information content (AvgIpc) is 2.39. The lowest BCUT2D eigenvalue weighted by Crippen LogP contribution is -2.19. The van der Waals surface area contributed by atoms with Gasteiger partial charge in [-0.25, -0.2) is 0 Å². The fraction of sp³-hybridized carbons (Fsp3) is 0.600. The highest BCUT2D eigenvalue weighted by molar-refractivity contribution is 5.31. The van der Waals surface area contributed by atoms with E-state index in [1.54, 1.807) is 7.11 Å². The summed E-state index contributed by atoms with van der Waals surface area (Å²) in [5.74, 6) is 0.917. The highest BCUT2D eigenvalue weighted by Gasteiger charge is 2.21. The van der Waals surface area contributed by atoms with Gasteiger partial charge in [0, 0.05) is 7.11 Å². The number of methoxy groups -OCH3 is 1. The molecule has 0 bridgehead atoms. The lowest BCUT2D eigenvalue weighted by atomic mass is 9.78. The Hall–Kier alpha value is -1.02. The molecule has 0 aliphatic carbocycles. The van der Waals surface area contributed by atoms with Gasteiger partial charge < -0.3 is 9.47 Å². The molecule has 1 aromatic rings. The van der Waals surface area contributed by atoms with E-state index in [0.717, 1.165) is 18.6 Å². The summed E-state index contributed by atoms with van der Waals surface area (Å²) in [5.41, 5.74) is 1.67. The van der Waals surface area contributed by atoms with Gasteiger partial charge >= 0.3 is 0 Å². The molecule has 0 radical (unpaired) electrons. The van der Waals surface area contributed by atoms with Crippen LogP contribution in [0.2, 0.25) is 0 Å². The monoisotopic (exact) mass is 236 g/mol. The number of hydrogen-bond donors (Lipinski definition) is 0. The van der Waals surface area contributed by atoms with Crippen LogP contribution in [-0.4, -0.2) is 20.3 Å². The predicted molar refractivity (Wildman–Crippen MR) is 71.7 cm³/mol. The molecule has 0 heterocycles. The first kappa shape index (κ1) is 14.0. The number of rotatable bonds is 7. The van der Waals surface area contributed by atoms with E-state index in [9.17, 15) is 0 Å². The summed E-state index contributed by atoms with van der Waals surface area (Å²) >= 11 is 0. The van der Waals surface area contributed by atoms with Crippen LogP contribution in [-0.2, 0) is 10.2 Å². The van der Waals surface area contributed by atoms with Gasteiger partial charge in [-0.1, -0.05) is 32.9 Å². The van der Waals surface area contributed by atoms with E-state index in [0.29, 0.717) is 13.2 Å². The molecule has 1 aromatic carbocycles. The largest absolute Gasteiger partial charge is 0.491 e. The fourth-order valence-corrected chi connectivity index (χ4v) is 1.85. The molecule has 0 aliphatic rings. The first-order chi connectivity index (χ1) is 8.16. The van der Waals surface area contributed by atoms with Gasteiger partial charge in [0.25, 0.3) is 0 Å². The van der Waals surface area contributed by atoms with Gasteiger partial charge in [0.2, 0.25) is 0 Å². The summed E-state index contributed by atoms with van der Waals surface area (Å²) in [6.45, 7) is 8.03. The first-order valence-electron chi connectivity index (χ1n) is 6.38. The van der Waals surface area contributed by atoms with E-state index in [-0.39, 0.29) is 5.41 Å². The van der Waals surface area contributed by atoms with E-state index >= 15 is 0 Å². The summed E-state index contributed by atoms with van der Waals surface area (Å²) in [6.07, 6.45) is 2.32. The molecule has 0 aromatic heterocycles. The van der Waals surface area contributed by atoms with Crippen molar-refractivity contribution in [3.05, 3.63) is 29.8 Å². The van der Waals surface area contributed by atoms with Crippen LogP contribution < -0.4 is 4.74 Å². The second-order valence-electron chi connectivity index (χ2n) is 4.63. The SMILES string of the molecule is CCC(C)(CC)c1ccc(OCCOC)cc1. The minimum Gasteiger partial charge on any atom is -0.491 e. The molecule has 17 heavy (non-hydrogen) atoms. The Morgan fingerprint density at radius 2 is 1.59 bits per heavy atom. The third kappa shape index (κ3) is 3.74. The van der Waals surface area contributed by atoms with Crippen LogP contribution in [0.3, 0.4) is 0 Å². The molecule has 0 unspecified atom stereocenters. The minimum absolute atomic E-state index is 0.283. The van der Waals surface area contributed by atoms with Crippen LogP contribution in [0.25, 0.3) is 0 Å². The van der Waals surface area contributed by atoms with Crippen LogP contribution >= 0.6 is 0 Å². The van der Waals surface area contributed by atoms with E-state index in [4.69, 9.17) is 9.47 Å². The summed E-state index contributed by atoms with van der Waals surface area (Å²) in [6, 6.07) is 8.45. The third-order valence-corrected chi connectivity index (χ3v) is 3.67. The summed E-state index contributed by atoms with van der Waals surface area (Å²) in [4.78, 5) is 0. The van der Waals surface area contributed by atoms with Gasteiger partial charge in [-0.3, -0.25) is 0 Å². The van der Waals surface area contributed by atoms with E-state index in [1.165, 1.54) is 5.56 Å². The smallest absolute Gasteiger partial charge is 0.119 e. The molecule has 0 saturated heterocycles. The van der Waals surface area contributed by atoms with Crippen molar-refractivity contribution in [1.29, 1.82) is 0 Å². The summed E-state index contributed by atoms with van der Waals surface area (Å²) < 4.78 is 10.5. The Bertz CT molecular complexity index is 312. The van der Waals surface area contributed by atoms with Gasteiger partial charge in [0.05, 0.1) is 6.61 Å². The van der Waals surface area contributed by atoms with Gasteiger partial charge in [-0.2, -0.15) is 0 Å². The normalized spacial score (nSPS) is 11.5. The Balaban J connectivity index is 2.67. The Labute approximate surface area is 105 Å². The van der Waals surface area contributed by atoms with Crippen molar-refractivity contribution in [2.75, 3.05) is 20.3 Å². The molecule has 0 fully saturated rings. The quantitative estimate of drug-likeness (QED) is 0.671. The molecular weight excluding hydrogens is 212 g/mol. The van der Waals surface area contributed by atoms with Crippen molar-refractivity contribution < 1.29 is 9.47 Å². The maximum absolute atomic E-state index is 5.56. The van der Waals surface area contributed by atoms with Crippen molar-refractivity contribution in [2.45, 2.75) is 39.0 Å². The van der Waals surface area contributed by atoms with Crippen LogP contribution in [0.4, 0.5) is 0 Å². The summed E-state index contributed by atoms with van der Waals surface area (Å²) in [5, 5.41) is 0. The zero-order valence-electron chi connectivity index (χ0n) is 11.5. The number of ether oxygens (including phenoxy) is 2. The molecule has 0 aliphatic heterocycles. The molecule has 0 saturated carbocycles. The second-order valence-corrected chi connectivity index (χ2v) is 4.63. The zero-order chi connectivity index (χ0) is 12.7. The zero-order valence-corrected chi connectivity index (χ0v) is 11.5. The van der Waals surface area contributed by atoms with Crippen molar-refractivity contribution in [3.63, 3.8) is 0 Å². The molecular formula is C15H24O2. The number of hydrogen-bond acceptors (Lipinski definition) is 2. The highest BCUT2D eigenvalue weighted by Crippen LogP contribution is 2.31. The highest BCUT2D eigenvalue weighted by atomic mass is 16.5. The van der Waals surface area contributed by atoms with Crippen LogP contribution in [0.15, 0.2) is 24.3 Å². The van der Waals surface area contributed by atoms with Crippen molar-refractivity contribution >= 4 is 0 Å². The van der Waals surface area contributed by atoms with Gasteiger partial charge in [0.1, 0.15) is 12.4 Å².